The summed E-state index contributed by atoms with van der Waals surface area (Å²) in [5, 5.41) is 0. The Labute approximate surface area is 136 Å². The van der Waals surface area contributed by atoms with Crippen molar-refractivity contribution in [1.29, 1.82) is 0 Å². The lowest BCUT2D eigenvalue weighted by Gasteiger charge is -1.98. The molecular formula is C19H44N2. The van der Waals surface area contributed by atoms with E-state index < -0.39 is 0 Å². The first-order valence-corrected chi connectivity index (χ1v) is 8.63. The number of rotatable bonds is 8. The first kappa shape index (κ1) is 28.5. The fraction of sp³-hybridized carbons (Fsp3) is 0.789. The summed E-state index contributed by atoms with van der Waals surface area (Å²) >= 11 is 0. The highest BCUT2D eigenvalue weighted by Crippen LogP contribution is 2.04. The lowest BCUT2D eigenvalue weighted by atomic mass is 10.1. The Morgan fingerprint density at radius 1 is 0.762 bits per heavy atom. The van der Waals surface area contributed by atoms with Crippen molar-refractivity contribution in [1.82, 2.24) is 0 Å². The third-order valence-corrected chi connectivity index (χ3v) is 2.43. The molecule has 130 valence electrons. The van der Waals surface area contributed by atoms with Crippen molar-refractivity contribution in [2.45, 2.75) is 79.6 Å². The Balaban J connectivity index is -0.0000000948. The van der Waals surface area contributed by atoms with Gasteiger partial charge < -0.3 is 11.5 Å². The van der Waals surface area contributed by atoms with Crippen molar-refractivity contribution in [3.05, 3.63) is 25.3 Å². The van der Waals surface area contributed by atoms with Gasteiger partial charge in [0.05, 0.1) is 0 Å². The Morgan fingerprint density at radius 2 is 1.05 bits per heavy atom. The summed E-state index contributed by atoms with van der Waals surface area (Å²) in [7, 11) is 0. The normalized spacial score (nSPS) is 8.38. The minimum absolute atomic E-state index is 0.583. The molecule has 0 aliphatic rings. The molecule has 0 rings (SSSR count). The van der Waals surface area contributed by atoms with E-state index in [1.807, 2.05) is 0 Å². The first-order chi connectivity index (χ1) is 10.0. The van der Waals surface area contributed by atoms with E-state index in [4.69, 9.17) is 11.5 Å². The molecular weight excluding hydrogens is 256 g/mol. The minimum Gasteiger partial charge on any atom is -0.327 e. The van der Waals surface area contributed by atoms with Gasteiger partial charge in [0.15, 0.2) is 0 Å². The molecule has 0 amide bonds. The lowest BCUT2D eigenvalue weighted by Crippen LogP contribution is -1.90. The largest absolute Gasteiger partial charge is 0.327 e. The Kier molecular flexibility index (Phi) is 49.7. The topological polar surface area (TPSA) is 52.0 Å². The van der Waals surface area contributed by atoms with Gasteiger partial charge in [-0.1, -0.05) is 91.7 Å². The minimum atomic E-state index is 0.583. The van der Waals surface area contributed by atoms with Crippen LogP contribution in [0.25, 0.3) is 0 Å². The second-order valence-electron chi connectivity index (χ2n) is 5.29. The highest BCUT2D eigenvalue weighted by molar-refractivity contribution is 4.64. The smallest absolute Gasteiger partial charge is 0.0104 e. The molecule has 0 unspecified atom stereocenters. The van der Waals surface area contributed by atoms with Crippen molar-refractivity contribution in [2.75, 3.05) is 13.1 Å². The molecule has 0 atom stereocenters. The van der Waals surface area contributed by atoms with Gasteiger partial charge in [-0.15, -0.1) is 13.2 Å². The van der Waals surface area contributed by atoms with Crippen LogP contribution in [-0.4, -0.2) is 13.1 Å². The molecule has 0 saturated heterocycles. The van der Waals surface area contributed by atoms with E-state index in [-0.39, 0.29) is 0 Å². The third-order valence-electron chi connectivity index (χ3n) is 2.43. The lowest BCUT2D eigenvalue weighted by molar-refractivity contribution is 0.550. The van der Waals surface area contributed by atoms with Crippen LogP contribution in [0, 0.1) is 5.92 Å². The average molecular weight is 301 g/mol. The maximum absolute atomic E-state index is 4.91. The molecule has 0 aromatic rings. The molecule has 21 heavy (non-hydrogen) atoms. The average Bonchev–Trinajstić information content (AvgIpc) is 2.51. The number of hydrogen-bond acceptors (Lipinski definition) is 2. The summed E-state index contributed by atoms with van der Waals surface area (Å²) < 4.78 is 0. The zero-order valence-electron chi connectivity index (χ0n) is 15.7. The van der Waals surface area contributed by atoms with Crippen LogP contribution in [0.1, 0.15) is 79.6 Å². The van der Waals surface area contributed by atoms with Crippen molar-refractivity contribution >= 4 is 0 Å². The summed E-state index contributed by atoms with van der Waals surface area (Å²) in [6, 6.07) is 0. The van der Waals surface area contributed by atoms with Gasteiger partial charge in [-0.05, 0) is 5.92 Å². The first-order valence-electron chi connectivity index (χ1n) is 8.63. The van der Waals surface area contributed by atoms with Gasteiger partial charge in [-0.3, -0.25) is 0 Å². The molecule has 4 N–H and O–H groups in total. The molecule has 2 heteroatoms. The fourth-order valence-corrected chi connectivity index (χ4v) is 1.11. The van der Waals surface area contributed by atoms with Crippen LogP contribution < -0.4 is 11.5 Å². The third kappa shape index (κ3) is 83.2. The maximum atomic E-state index is 4.91. The standard InChI is InChI=1S/C7H16.C6H14.2C3H7N/c1-4-5-6-7(2)3;1-3-5-6-4-2;2*1-2-3-4/h7H,4-6H2,1-3H3;3-6H2,1-2H3;2*2H,1,3-4H2. The SMILES string of the molecule is C=CCN.C=CCN.CCCCC(C)C.CCCCCC. The molecule has 0 spiro atoms. The molecule has 0 aromatic carbocycles. The van der Waals surface area contributed by atoms with E-state index >= 15 is 0 Å². The maximum Gasteiger partial charge on any atom is 0.0104 e. The van der Waals surface area contributed by atoms with Gasteiger partial charge in [0.1, 0.15) is 0 Å². The van der Waals surface area contributed by atoms with Crippen molar-refractivity contribution in [3.8, 4) is 0 Å². The van der Waals surface area contributed by atoms with Crippen LogP contribution in [-0.2, 0) is 0 Å². The zero-order valence-corrected chi connectivity index (χ0v) is 15.7. The number of hydrogen-bond donors (Lipinski definition) is 2. The number of unbranched alkanes of at least 4 members (excludes halogenated alkanes) is 4. The summed E-state index contributed by atoms with van der Waals surface area (Å²) in [6.45, 7) is 19.1. The molecule has 0 bridgehead atoms. The molecule has 0 aromatic heterocycles. The van der Waals surface area contributed by atoms with Crippen LogP contribution in [0.15, 0.2) is 25.3 Å². The Morgan fingerprint density at radius 3 is 1.14 bits per heavy atom. The van der Waals surface area contributed by atoms with E-state index in [9.17, 15) is 0 Å². The highest BCUT2D eigenvalue weighted by Gasteiger charge is 1.88. The van der Waals surface area contributed by atoms with Crippen LogP contribution >= 0.6 is 0 Å². The van der Waals surface area contributed by atoms with Gasteiger partial charge in [0.2, 0.25) is 0 Å². The molecule has 0 aliphatic heterocycles. The van der Waals surface area contributed by atoms with E-state index in [1.54, 1.807) is 12.2 Å². The van der Waals surface area contributed by atoms with E-state index in [2.05, 4.69) is 47.8 Å². The summed E-state index contributed by atoms with van der Waals surface area (Å²) in [6.07, 6.45) is 13.0. The van der Waals surface area contributed by atoms with Crippen LogP contribution in [0.2, 0.25) is 0 Å². The predicted molar refractivity (Wildman–Crippen MR) is 103 cm³/mol. The molecule has 0 heterocycles. The second-order valence-corrected chi connectivity index (χ2v) is 5.29. The van der Waals surface area contributed by atoms with Crippen molar-refractivity contribution in [3.63, 3.8) is 0 Å². The summed E-state index contributed by atoms with van der Waals surface area (Å²) in [5.41, 5.74) is 9.82. The molecule has 2 nitrogen and oxygen atoms in total. The fourth-order valence-electron chi connectivity index (χ4n) is 1.11. The van der Waals surface area contributed by atoms with Crippen molar-refractivity contribution in [2.24, 2.45) is 17.4 Å². The van der Waals surface area contributed by atoms with Gasteiger partial charge >= 0.3 is 0 Å². The molecule has 0 radical (unpaired) electrons. The van der Waals surface area contributed by atoms with Gasteiger partial charge in [-0.25, -0.2) is 0 Å². The second kappa shape index (κ2) is 36.6. The number of nitrogens with two attached hydrogens (primary N) is 2. The summed E-state index contributed by atoms with van der Waals surface area (Å²) in [5.74, 6) is 0.903. The van der Waals surface area contributed by atoms with Gasteiger partial charge in [0, 0.05) is 13.1 Å². The van der Waals surface area contributed by atoms with Crippen LogP contribution in [0.4, 0.5) is 0 Å². The Bertz CT molecular complexity index is 142. The van der Waals surface area contributed by atoms with Crippen molar-refractivity contribution < 1.29 is 0 Å². The summed E-state index contributed by atoms with van der Waals surface area (Å²) in [4.78, 5) is 0. The van der Waals surface area contributed by atoms with Crippen LogP contribution in [0.5, 0.6) is 0 Å². The quantitative estimate of drug-likeness (QED) is 0.447. The Hall–Kier alpha value is -0.600. The highest BCUT2D eigenvalue weighted by atomic mass is 14.5. The van der Waals surface area contributed by atoms with Crippen LogP contribution in [0.3, 0.4) is 0 Å². The van der Waals surface area contributed by atoms with E-state index in [0.717, 1.165) is 5.92 Å². The molecule has 0 aliphatic carbocycles. The zero-order chi connectivity index (χ0) is 17.4. The van der Waals surface area contributed by atoms with E-state index in [1.165, 1.54) is 44.9 Å². The monoisotopic (exact) mass is 300 g/mol. The molecule has 0 saturated carbocycles. The van der Waals surface area contributed by atoms with Gasteiger partial charge in [0.25, 0.3) is 0 Å². The van der Waals surface area contributed by atoms with E-state index in [0.29, 0.717) is 13.1 Å². The predicted octanol–water partition coefficient (Wildman–Crippen LogP) is 5.68. The van der Waals surface area contributed by atoms with Gasteiger partial charge in [-0.2, -0.15) is 0 Å². The molecule has 0 fully saturated rings.